The van der Waals surface area contributed by atoms with Gasteiger partial charge in [0, 0.05) is 11.4 Å². The van der Waals surface area contributed by atoms with E-state index in [1.807, 2.05) is 0 Å². The van der Waals surface area contributed by atoms with E-state index in [1.54, 1.807) is 6.92 Å². The van der Waals surface area contributed by atoms with Crippen molar-refractivity contribution in [1.29, 1.82) is 0 Å². The zero-order chi connectivity index (χ0) is 13.7. The van der Waals surface area contributed by atoms with Crippen LogP contribution in [0.3, 0.4) is 0 Å². The second kappa shape index (κ2) is 6.99. The van der Waals surface area contributed by atoms with Crippen LogP contribution in [0.2, 0.25) is 0 Å². The molecular formula is C11H11BrClF2NO2. The van der Waals surface area contributed by atoms with Crippen molar-refractivity contribution >= 4 is 33.5 Å². The van der Waals surface area contributed by atoms with Crippen molar-refractivity contribution in [3.63, 3.8) is 0 Å². The van der Waals surface area contributed by atoms with Crippen molar-refractivity contribution in [2.75, 3.05) is 6.61 Å². The lowest BCUT2D eigenvalue weighted by Gasteiger charge is -2.12. The normalized spacial score (nSPS) is 10.8. The van der Waals surface area contributed by atoms with E-state index in [0.29, 0.717) is 0 Å². The van der Waals surface area contributed by atoms with Gasteiger partial charge in [-0.2, -0.15) is 0 Å². The number of halogens is 4. The molecule has 1 aromatic rings. The summed E-state index contributed by atoms with van der Waals surface area (Å²) in [5, 5.41) is 0. The van der Waals surface area contributed by atoms with Crippen molar-refractivity contribution in [3.05, 3.63) is 27.5 Å². The van der Waals surface area contributed by atoms with Crippen molar-refractivity contribution in [2.45, 2.75) is 25.7 Å². The van der Waals surface area contributed by atoms with Gasteiger partial charge in [-0.3, -0.25) is 4.79 Å². The van der Waals surface area contributed by atoms with Gasteiger partial charge < -0.3 is 4.74 Å². The number of rotatable bonds is 5. The molecule has 0 aliphatic carbocycles. The molecule has 0 aromatic carbocycles. The number of hydrogen-bond donors (Lipinski definition) is 0. The van der Waals surface area contributed by atoms with Crippen LogP contribution in [0.4, 0.5) is 8.78 Å². The molecule has 0 saturated heterocycles. The third kappa shape index (κ3) is 3.88. The molecule has 0 spiro atoms. The number of ether oxygens (including phenoxy) is 1. The van der Waals surface area contributed by atoms with E-state index < -0.39 is 12.4 Å². The Balaban J connectivity index is 3.13. The predicted molar refractivity (Wildman–Crippen MR) is 66.8 cm³/mol. The summed E-state index contributed by atoms with van der Waals surface area (Å²) in [6, 6.07) is 1.21. The molecule has 0 atom stereocenters. The first kappa shape index (κ1) is 15.3. The number of aromatic nitrogens is 1. The minimum atomic E-state index is -2.67. The molecule has 0 N–H and O–H groups in total. The number of esters is 1. The van der Waals surface area contributed by atoms with E-state index >= 15 is 0 Å². The van der Waals surface area contributed by atoms with Gasteiger partial charge in [0.1, 0.15) is 4.60 Å². The first-order chi connectivity index (χ1) is 8.49. The van der Waals surface area contributed by atoms with Gasteiger partial charge in [0.25, 0.3) is 6.43 Å². The van der Waals surface area contributed by atoms with E-state index in [-0.39, 0.29) is 40.3 Å². The van der Waals surface area contributed by atoms with E-state index in [4.69, 9.17) is 16.3 Å². The molecule has 100 valence electrons. The molecule has 0 radical (unpaired) electrons. The molecule has 18 heavy (non-hydrogen) atoms. The summed E-state index contributed by atoms with van der Waals surface area (Å²) >= 11 is 8.69. The molecule has 0 unspecified atom stereocenters. The molecule has 0 bridgehead atoms. The van der Waals surface area contributed by atoms with E-state index in [9.17, 15) is 13.6 Å². The topological polar surface area (TPSA) is 39.2 Å². The highest BCUT2D eigenvalue weighted by Crippen LogP contribution is 2.29. The highest BCUT2D eigenvalue weighted by atomic mass is 79.9. The molecule has 7 heteroatoms. The van der Waals surface area contributed by atoms with Crippen molar-refractivity contribution in [3.8, 4) is 0 Å². The lowest BCUT2D eigenvalue weighted by Crippen LogP contribution is -2.12. The molecule has 1 rings (SSSR count). The number of hydrogen-bond acceptors (Lipinski definition) is 3. The molecular weight excluding hydrogens is 331 g/mol. The average Bonchev–Trinajstić information content (AvgIpc) is 2.28. The lowest BCUT2D eigenvalue weighted by atomic mass is 10.1. The Bertz CT molecular complexity index is 443. The van der Waals surface area contributed by atoms with Crippen LogP contribution in [0.15, 0.2) is 10.7 Å². The van der Waals surface area contributed by atoms with Crippen LogP contribution in [0, 0.1) is 0 Å². The Morgan fingerprint density at radius 3 is 2.78 bits per heavy atom. The Morgan fingerprint density at radius 1 is 1.61 bits per heavy atom. The van der Waals surface area contributed by atoms with Gasteiger partial charge >= 0.3 is 5.97 Å². The highest BCUT2D eigenvalue weighted by molar-refractivity contribution is 9.10. The molecule has 0 fully saturated rings. The molecule has 1 heterocycles. The van der Waals surface area contributed by atoms with Gasteiger partial charge in [-0.25, -0.2) is 13.8 Å². The standard InChI is InChI=1S/C11H11BrClF2NO2/c1-2-18-10(17)4-8-7(5-13)6(11(14)15)3-9(12)16-8/h3,11H,2,4-5H2,1H3. The summed E-state index contributed by atoms with van der Waals surface area (Å²) in [5.74, 6) is -0.649. The maximum atomic E-state index is 12.8. The number of pyridine rings is 1. The summed E-state index contributed by atoms with van der Waals surface area (Å²) in [6.45, 7) is 1.89. The summed E-state index contributed by atoms with van der Waals surface area (Å²) in [4.78, 5) is 15.4. The first-order valence-electron chi connectivity index (χ1n) is 5.17. The van der Waals surface area contributed by atoms with Crippen LogP contribution < -0.4 is 0 Å². The van der Waals surface area contributed by atoms with Gasteiger partial charge in [0.05, 0.1) is 18.7 Å². The predicted octanol–water partition coefficient (Wildman–Crippen LogP) is 3.63. The van der Waals surface area contributed by atoms with E-state index in [0.717, 1.165) is 0 Å². The fourth-order valence-electron chi connectivity index (χ4n) is 1.45. The quantitative estimate of drug-likeness (QED) is 0.466. The number of carbonyl (C=O) groups is 1. The average molecular weight is 343 g/mol. The van der Waals surface area contributed by atoms with E-state index in [1.165, 1.54) is 6.07 Å². The summed E-state index contributed by atoms with van der Waals surface area (Å²) in [7, 11) is 0. The molecule has 1 aromatic heterocycles. The van der Waals surface area contributed by atoms with Crippen molar-refractivity contribution < 1.29 is 18.3 Å². The Hall–Kier alpha value is -0.750. The lowest BCUT2D eigenvalue weighted by molar-refractivity contribution is -0.142. The minimum Gasteiger partial charge on any atom is -0.466 e. The fraction of sp³-hybridized carbons (Fsp3) is 0.455. The van der Waals surface area contributed by atoms with Gasteiger partial charge in [-0.05, 0) is 34.5 Å². The summed E-state index contributed by atoms with van der Waals surface area (Å²) < 4.78 is 30.7. The largest absolute Gasteiger partial charge is 0.466 e. The van der Waals surface area contributed by atoms with Crippen LogP contribution in [-0.4, -0.2) is 17.6 Å². The van der Waals surface area contributed by atoms with Crippen molar-refractivity contribution in [1.82, 2.24) is 4.98 Å². The molecule has 0 aliphatic rings. The summed E-state index contributed by atoms with van der Waals surface area (Å²) in [5.41, 5.74) is 0.183. The first-order valence-corrected chi connectivity index (χ1v) is 6.50. The zero-order valence-corrected chi connectivity index (χ0v) is 11.9. The SMILES string of the molecule is CCOC(=O)Cc1nc(Br)cc(C(F)F)c1CCl. The third-order valence-electron chi connectivity index (χ3n) is 2.20. The third-order valence-corrected chi connectivity index (χ3v) is 2.87. The van der Waals surface area contributed by atoms with Crippen molar-refractivity contribution in [2.24, 2.45) is 0 Å². The number of nitrogens with zero attached hydrogens (tertiary/aromatic N) is 1. The number of alkyl halides is 3. The second-order valence-corrected chi connectivity index (χ2v) is 4.46. The fourth-order valence-corrected chi connectivity index (χ4v) is 2.22. The second-order valence-electron chi connectivity index (χ2n) is 3.38. The van der Waals surface area contributed by atoms with Crippen LogP contribution >= 0.6 is 27.5 Å². The molecule has 0 amide bonds. The summed E-state index contributed by atoms with van der Waals surface area (Å²) in [6.07, 6.45) is -2.84. The Labute approximate surface area is 117 Å². The monoisotopic (exact) mass is 341 g/mol. The van der Waals surface area contributed by atoms with Gasteiger partial charge in [-0.15, -0.1) is 11.6 Å². The molecule has 0 aliphatic heterocycles. The van der Waals surface area contributed by atoms with Crippen LogP contribution in [0.5, 0.6) is 0 Å². The maximum Gasteiger partial charge on any atom is 0.311 e. The Morgan fingerprint density at radius 2 is 2.28 bits per heavy atom. The molecule has 0 saturated carbocycles. The minimum absolute atomic E-state index is 0.130. The van der Waals surface area contributed by atoms with Crippen LogP contribution in [-0.2, 0) is 21.8 Å². The smallest absolute Gasteiger partial charge is 0.311 e. The Kier molecular flexibility index (Phi) is 5.95. The van der Waals surface area contributed by atoms with Crippen LogP contribution in [0.25, 0.3) is 0 Å². The van der Waals surface area contributed by atoms with Gasteiger partial charge in [-0.1, -0.05) is 0 Å². The maximum absolute atomic E-state index is 12.8. The van der Waals surface area contributed by atoms with E-state index in [2.05, 4.69) is 20.9 Å². The highest BCUT2D eigenvalue weighted by Gasteiger charge is 2.20. The van der Waals surface area contributed by atoms with Crippen LogP contribution in [0.1, 0.15) is 30.2 Å². The van der Waals surface area contributed by atoms with Gasteiger partial charge in [0.15, 0.2) is 0 Å². The zero-order valence-electron chi connectivity index (χ0n) is 9.55. The number of carbonyl (C=O) groups excluding carboxylic acids is 1. The van der Waals surface area contributed by atoms with Gasteiger partial charge in [0.2, 0.25) is 0 Å². The molecule has 3 nitrogen and oxygen atoms in total.